The fourth-order valence-corrected chi connectivity index (χ4v) is 2.18. The highest BCUT2D eigenvalue weighted by atomic mass is 16.5. The van der Waals surface area contributed by atoms with E-state index >= 15 is 0 Å². The molecule has 0 bridgehead atoms. The molecule has 1 N–H and O–H groups in total. The number of aryl methyl sites for hydroxylation is 1. The van der Waals surface area contributed by atoms with Crippen LogP contribution in [-0.2, 0) is 6.54 Å². The van der Waals surface area contributed by atoms with Crippen molar-refractivity contribution in [2.75, 3.05) is 13.7 Å². The maximum atomic E-state index is 5.25. The highest BCUT2D eigenvalue weighted by Crippen LogP contribution is 2.26. The predicted molar refractivity (Wildman–Crippen MR) is 83.0 cm³/mol. The molecule has 2 aromatic rings. The number of ether oxygens (including phenoxy) is 1. The Kier molecular flexibility index (Phi) is 5.13. The molecule has 0 aliphatic carbocycles. The lowest BCUT2D eigenvalue weighted by atomic mass is 9.99. The average molecular weight is 270 g/mol. The molecule has 1 aromatic heterocycles. The topological polar surface area (TPSA) is 34.2 Å². The van der Waals surface area contributed by atoms with Crippen molar-refractivity contribution in [2.24, 2.45) is 0 Å². The molecule has 3 heteroatoms. The Hall–Kier alpha value is -1.87. The second kappa shape index (κ2) is 7.06. The summed E-state index contributed by atoms with van der Waals surface area (Å²) in [4.78, 5) is 4.24. The van der Waals surface area contributed by atoms with E-state index in [-0.39, 0.29) is 0 Å². The summed E-state index contributed by atoms with van der Waals surface area (Å²) in [5, 5.41) is 3.43. The molecule has 0 spiro atoms. The maximum absolute atomic E-state index is 5.25. The summed E-state index contributed by atoms with van der Waals surface area (Å²) < 4.78 is 5.25. The maximum Gasteiger partial charge on any atom is 0.137 e. The molecule has 0 saturated heterocycles. The second-order valence-electron chi connectivity index (χ2n) is 4.94. The number of hydrogen-bond donors (Lipinski definition) is 1. The van der Waals surface area contributed by atoms with E-state index in [0.717, 1.165) is 30.8 Å². The van der Waals surface area contributed by atoms with Gasteiger partial charge in [-0.05, 0) is 48.7 Å². The van der Waals surface area contributed by atoms with Crippen molar-refractivity contribution >= 4 is 0 Å². The Bertz CT molecular complexity index is 567. The van der Waals surface area contributed by atoms with Crippen molar-refractivity contribution in [3.05, 3.63) is 47.8 Å². The third kappa shape index (κ3) is 3.58. The first-order valence-corrected chi connectivity index (χ1v) is 7.04. The first kappa shape index (κ1) is 14.5. The molecule has 0 aliphatic heterocycles. The average Bonchev–Trinajstić information content (AvgIpc) is 2.49. The van der Waals surface area contributed by atoms with Crippen LogP contribution in [0.5, 0.6) is 5.75 Å². The summed E-state index contributed by atoms with van der Waals surface area (Å²) in [6.45, 7) is 6.25. The molecule has 0 atom stereocenters. The first-order valence-electron chi connectivity index (χ1n) is 7.04. The van der Waals surface area contributed by atoms with E-state index in [1.165, 1.54) is 16.7 Å². The molecule has 106 valence electrons. The van der Waals surface area contributed by atoms with Gasteiger partial charge in [0, 0.05) is 18.3 Å². The minimum absolute atomic E-state index is 0.788. The zero-order valence-electron chi connectivity index (χ0n) is 12.4. The summed E-state index contributed by atoms with van der Waals surface area (Å²) in [5.41, 5.74) is 4.85. The number of aromatic nitrogens is 1. The van der Waals surface area contributed by atoms with Crippen LogP contribution in [-0.4, -0.2) is 18.6 Å². The smallest absolute Gasteiger partial charge is 0.137 e. The Balaban J connectivity index is 2.27. The quantitative estimate of drug-likeness (QED) is 0.815. The van der Waals surface area contributed by atoms with Gasteiger partial charge in [-0.3, -0.25) is 4.98 Å². The van der Waals surface area contributed by atoms with Crippen LogP contribution in [0.15, 0.2) is 36.7 Å². The lowest BCUT2D eigenvalue weighted by Crippen LogP contribution is -2.13. The van der Waals surface area contributed by atoms with Crippen molar-refractivity contribution in [2.45, 2.75) is 26.8 Å². The van der Waals surface area contributed by atoms with Gasteiger partial charge >= 0.3 is 0 Å². The van der Waals surface area contributed by atoms with Crippen LogP contribution in [0.25, 0.3) is 11.1 Å². The van der Waals surface area contributed by atoms with E-state index in [2.05, 4.69) is 42.3 Å². The molecule has 20 heavy (non-hydrogen) atoms. The van der Waals surface area contributed by atoms with E-state index in [0.29, 0.717) is 0 Å². The molecule has 1 heterocycles. The number of methoxy groups -OCH3 is 1. The lowest BCUT2D eigenvalue weighted by Gasteiger charge is -2.10. The van der Waals surface area contributed by atoms with Crippen LogP contribution in [0.2, 0.25) is 0 Å². The van der Waals surface area contributed by atoms with Gasteiger partial charge in [-0.15, -0.1) is 0 Å². The van der Waals surface area contributed by atoms with E-state index in [4.69, 9.17) is 4.74 Å². The van der Waals surface area contributed by atoms with E-state index in [1.54, 1.807) is 13.3 Å². The summed E-state index contributed by atoms with van der Waals surface area (Å²) in [6, 6.07) is 8.60. The number of nitrogens with zero attached hydrogens (tertiary/aromatic N) is 1. The van der Waals surface area contributed by atoms with Crippen LogP contribution in [0.1, 0.15) is 24.5 Å². The normalized spacial score (nSPS) is 10.6. The van der Waals surface area contributed by atoms with Crippen LogP contribution in [0, 0.1) is 6.92 Å². The van der Waals surface area contributed by atoms with Crippen LogP contribution >= 0.6 is 0 Å². The molecular formula is C17H22N2O. The molecule has 2 rings (SSSR count). The van der Waals surface area contributed by atoms with Crippen LogP contribution in [0.3, 0.4) is 0 Å². The molecule has 0 unspecified atom stereocenters. The zero-order chi connectivity index (χ0) is 14.4. The first-order chi connectivity index (χ1) is 9.74. The third-order valence-corrected chi connectivity index (χ3v) is 3.32. The molecule has 0 saturated carbocycles. The van der Waals surface area contributed by atoms with Gasteiger partial charge in [0.15, 0.2) is 0 Å². The minimum atomic E-state index is 0.788. The Labute approximate surface area is 121 Å². The number of pyridine rings is 1. The van der Waals surface area contributed by atoms with Gasteiger partial charge < -0.3 is 10.1 Å². The summed E-state index contributed by atoms with van der Waals surface area (Å²) in [5.74, 6) is 0.788. The molecule has 1 aromatic carbocycles. The Morgan fingerprint density at radius 3 is 2.80 bits per heavy atom. The standard InChI is InChI=1S/C17H22N2O/c1-4-7-18-10-14-6-5-13(2)17(8-14)15-9-16(20-3)12-19-11-15/h5-6,8-9,11-12,18H,4,7,10H2,1-3H3. The number of nitrogens with one attached hydrogen (secondary N) is 1. The summed E-state index contributed by atoms with van der Waals surface area (Å²) >= 11 is 0. The van der Waals surface area contributed by atoms with Crippen molar-refractivity contribution in [1.82, 2.24) is 10.3 Å². The van der Waals surface area contributed by atoms with E-state index < -0.39 is 0 Å². The Morgan fingerprint density at radius 1 is 1.20 bits per heavy atom. The monoisotopic (exact) mass is 270 g/mol. The largest absolute Gasteiger partial charge is 0.495 e. The van der Waals surface area contributed by atoms with Crippen molar-refractivity contribution in [3.63, 3.8) is 0 Å². The SMILES string of the molecule is CCCNCc1ccc(C)c(-c2cncc(OC)c2)c1. The fraction of sp³-hybridized carbons (Fsp3) is 0.353. The zero-order valence-corrected chi connectivity index (χ0v) is 12.4. The van der Waals surface area contributed by atoms with Gasteiger partial charge in [-0.1, -0.05) is 19.1 Å². The van der Waals surface area contributed by atoms with Gasteiger partial charge in [0.25, 0.3) is 0 Å². The van der Waals surface area contributed by atoms with Crippen molar-refractivity contribution in [3.8, 4) is 16.9 Å². The van der Waals surface area contributed by atoms with Gasteiger partial charge in [0.05, 0.1) is 13.3 Å². The van der Waals surface area contributed by atoms with Gasteiger partial charge in [-0.25, -0.2) is 0 Å². The van der Waals surface area contributed by atoms with Gasteiger partial charge in [-0.2, -0.15) is 0 Å². The second-order valence-corrected chi connectivity index (χ2v) is 4.94. The predicted octanol–water partition coefficient (Wildman–Crippen LogP) is 3.57. The minimum Gasteiger partial charge on any atom is -0.495 e. The van der Waals surface area contributed by atoms with E-state index in [9.17, 15) is 0 Å². The van der Waals surface area contributed by atoms with E-state index in [1.807, 2.05) is 12.3 Å². The molecular weight excluding hydrogens is 248 g/mol. The van der Waals surface area contributed by atoms with Crippen LogP contribution < -0.4 is 10.1 Å². The molecule has 0 radical (unpaired) electrons. The van der Waals surface area contributed by atoms with Crippen LogP contribution in [0.4, 0.5) is 0 Å². The van der Waals surface area contributed by atoms with Gasteiger partial charge in [0.1, 0.15) is 5.75 Å². The molecule has 0 aliphatic rings. The third-order valence-electron chi connectivity index (χ3n) is 3.32. The molecule has 3 nitrogen and oxygen atoms in total. The molecule has 0 fully saturated rings. The van der Waals surface area contributed by atoms with Crippen molar-refractivity contribution < 1.29 is 4.74 Å². The number of benzene rings is 1. The lowest BCUT2D eigenvalue weighted by molar-refractivity contribution is 0.413. The highest BCUT2D eigenvalue weighted by molar-refractivity contribution is 5.68. The van der Waals surface area contributed by atoms with Gasteiger partial charge in [0.2, 0.25) is 0 Å². The number of hydrogen-bond acceptors (Lipinski definition) is 3. The summed E-state index contributed by atoms with van der Waals surface area (Å²) in [7, 11) is 1.67. The fourth-order valence-electron chi connectivity index (χ4n) is 2.18. The molecule has 0 amide bonds. The highest BCUT2D eigenvalue weighted by Gasteiger charge is 2.05. The number of rotatable bonds is 6. The Morgan fingerprint density at radius 2 is 2.05 bits per heavy atom. The summed E-state index contributed by atoms with van der Waals surface area (Å²) in [6.07, 6.45) is 4.76. The van der Waals surface area contributed by atoms with Crippen molar-refractivity contribution in [1.29, 1.82) is 0 Å².